The predicted octanol–water partition coefficient (Wildman–Crippen LogP) is 2.21. The number of alkyl halides is 3. The summed E-state index contributed by atoms with van der Waals surface area (Å²) in [6, 6.07) is 5.56. The van der Waals surface area contributed by atoms with Gasteiger partial charge in [-0.2, -0.15) is 18.3 Å². The molecule has 1 amide bonds. The summed E-state index contributed by atoms with van der Waals surface area (Å²) in [5, 5.41) is 6.09. The highest BCUT2D eigenvalue weighted by Gasteiger charge is 2.30. The lowest BCUT2D eigenvalue weighted by atomic mass is 10.2. The zero-order chi connectivity index (χ0) is 16.3. The molecule has 0 fully saturated rings. The van der Waals surface area contributed by atoms with Crippen LogP contribution in [0.3, 0.4) is 0 Å². The first-order chi connectivity index (χ1) is 10.3. The van der Waals surface area contributed by atoms with E-state index in [0.29, 0.717) is 5.56 Å². The van der Waals surface area contributed by atoms with E-state index < -0.39 is 23.2 Å². The van der Waals surface area contributed by atoms with E-state index in [1.807, 2.05) is 0 Å². The van der Waals surface area contributed by atoms with Crippen molar-refractivity contribution in [3.05, 3.63) is 58.0 Å². The maximum atomic E-state index is 12.6. The molecule has 2 rings (SSSR count). The van der Waals surface area contributed by atoms with Gasteiger partial charge in [-0.1, -0.05) is 6.07 Å². The lowest BCUT2D eigenvalue weighted by Gasteiger charge is -2.10. The maximum absolute atomic E-state index is 12.6. The fourth-order valence-corrected chi connectivity index (χ4v) is 1.75. The summed E-state index contributed by atoms with van der Waals surface area (Å²) in [4.78, 5) is 23.4. The molecule has 8 heteroatoms. The molecule has 1 N–H and O–H groups in total. The number of carbonyl (C=O) groups is 1. The molecule has 0 saturated heterocycles. The Balaban J connectivity index is 2.11. The molecule has 0 radical (unpaired) electrons. The van der Waals surface area contributed by atoms with E-state index in [1.54, 1.807) is 6.92 Å². The highest BCUT2D eigenvalue weighted by Crippen LogP contribution is 2.30. The number of hydrogen-bond acceptors (Lipinski definition) is 3. The Bertz CT molecular complexity index is 753. The minimum absolute atomic E-state index is 0.0000133. The van der Waals surface area contributed by atoms with Gasteiger partial charge in [-0.3, -0.25) is 9.59 Å². The number of carbonyl (C=O) groups excluding carboxylic acids is 1. The zero-order valence-corrected chi connectivity index (χ0v) is 11.5. The number of amides is 1. The molecule has 0 aliphatic carbocycles. The SMILES string of the molecule is Cc1cnn(CC(=O)Nc2cccc(C(F)(F)F)c2)c(=O)c1. The monoisotopic (exact) mass is 311 g/mol. The third-order valence-electron chi connectivity index (χ3n) is 2.77. The van der Waals surface area contributed by atoms with E-state index in [1.165, 1.54) is 24.4 Å². The molecule has 116 valence electrons. The standard InChI is InChI=1S/C14H12F3N3O2/c1-9-5-13(22)20(18-7-9)8-12(21)19-11-4-2-3-10(6-11)14(15,16)17/h2-7H,8H2,1H3,(H,19,21). The van der Waals surface area contributed by atoms with Gasteiger partial charge in [0.25, 0.3) is 5.56 Å². The normalized spacial score (nSPS) is 11.3. The predicted molar refractivity (Wildman–Crippen MR) is 73.3 cm³/mol. The average Bonchev–Trinajstić information content (AvgIpc) is 2.41. The van der Waals surface area contributed by atoms with Crippen LogP contribution in [0.1, 0.15) is 11.1 Å². The summed E-state index contributed by atoms with van der Waals surface area (Å²) in [5.74, 6) is -0.641. The van der Waals surface area contributed by atoms with Crippen LogP contribution in [-0.2, 0) is 17.5 Å². The van der Waals surface area contributed by atoms with E-state index in [0.717, 1.165) is 16.8 Å². The van der Waals surface area contributed by atoms with Crippen LogP contribution in [0.5, 0.6) is 0 Å². The number of nitrogens with zero attached hydrogens (tertiary/aromatic N) is 2. The lowest BCUT2D eigenvalue weighted by Crippen LogP contribution is -2.29. The van der Waals surface area contributed by atoms with Crippen LogP contribution in [0.2, 0.25) is 0 Å². The molecular formula is C14H12F3N3O2. The zero-order valence-electron chi connectivity index (χ0n) is 11.5. The topological polar surface area (TPSA) is 64.0 Å². The maximum Gasteiger partial charge on any atom is 0.416 e. The van der Waals surface area contributed by atoms with Gasteiger partial charge in [0.2, 0.25) is 5.91 Å². The van der Waals surface area contributed by atoms with Crippen LogP contribution >= 0.6 is 0 Å². The molecule has 22 heavy (non-hydrogen) atoms. The molecule has 0 atom stereocenters. The van der Waals surface area contributed by atoms with Gasteiger partial charge in [0.05, 0.1) is 11.8 Å². The number of aryl methyl sites for hydroxylation is 1. The van der Waals surface area contributed by atoms with Crippen molar-refractivity contribution in [3.8, 4) is 0 Å². The molecule has 5 nitrogen and oxygen atoms in total. The van der Waals surface area contributed by atoms with Crippen molar-refractivity contribution in [3.63, 3.8) is 0 Å². The van der Waals surface area contributed by atoms with Crippen molar-refractivity contribution in [2.45, 2.75) is 19.6 Å². The fourth-order valence-electron chi connectivity index (χ4n) is 1.75. The Morgan fingerprint density at radius 3 is 2.68 bits per heavy atom. The second-order valence-corrected chi connectivity index (χ2v) is 4.66. The molecule has 0 aliphatic heterocycles. The largest absolute Gasteiger partial charge is 0.416 e. The summed E-state index contributed by atoms with van der Waals surface area (Å²) in [7, 11) is 0. The Hall–Kier alpha value is -2.64. The van der Waals surface area contributed by atoms with E-state index in [9.17, 15) is 22.8 Å². The van der Waals surface area contributed by atoms with E-state index >= 15 is 0 Å². The van der Waals surface area contributed by atoms with E-state index in [2.05, 4.69) is 10.4 Å². The van der Waals surface area contributed by atoms with Crippen molar-refractivity contribution in [2.24, 2.45) is 0 Å². The summed E-state index contributed by atoms with van der Waals surface area (Å²) in [6.07, 6.45) is -3.07. The Morgan fingerprint density at radius 1 is 1.32 bits per heavy atom. The molecule has 0 aliphatic rings. The summed E-state index contributed by atoms with van der Waals surface area (Å²) in [5.41, 5.74) is -0.672. The first-order valence-corrected chi connectivity index (χ1v) is 6.26. The number of anilines is 1. The van der Waals surface area contributed by atoms with Crippen LogP contribution in [0.15, 0.2) is 41.3 Å². The van der Waals surface area contributed by atoms with Crippen LogP contribution in [0, 0.1) is 6.92 Å². The fraction of sp³-hybridized carbons (Fsp3) is 0.214. The highest BCUT2D eigenvalue weighted by molar-refractivity contribution is 5.90. The van der Waals surface area contributed by atoms with E-state index in [-0.39, 0.29) is 12.2 Å². The Morgan fingerprint density at radius 2 is 2.05 bits per heavy atom. The van der Waals surface area contributed by atoms with Gasteiger partial charge < -0.3 is 5.32 Å². The molecule has 2 aromatic rings. The molecular weight excluding hydrogens is 299 g/mol. The number of hydrogen-bond donors (Lipinski definition) is 1. The quantitative estimate of drug-likeness (QED) is 0.945. The lowest BCUT2D eigenvalue weighted by molar-refractivity contribution is -0.137. The number of halogens is 3. The van der Waals surface area contributed by atoms with Gasteiger partial charge in [0.15, 0.2) is 0 Å². The number of rotatable bonds is 3. The van der Waals surface area contributed by atoms with Gasteiger partial charge in [-0.05, 0) is 30.7 Å². The number of nitrogens with one attached hydrogen (secondary N) is 1. The molecule has 1 heterocycles. The van der Waals surface area contributed by atoms with Gasteiger partial charge >= 0.3 is 6.18 Å². The van der Waals surface area contributed by atoms with Crippen molar-refractivity contribution in [1.29, 1.82) is 0 Å². The molecule has 0 unspecified atom stereocenters. The van der Waals surface area contributed by atoms with Gasteiger partial charge in [0, 0.05) is 11.8 Å². The smallest absolute Gasteiger partial charge is 0.324 e. The molecule has 0 saturated carbocycles. The van der Waals surface area contributed by atoms with Gasteiger partial charge in [0.1, 0.15) is 6.54 Å². The van der Waals surface area contributed by atoms with Gasteiger partial charge in [-0.15, -0.1) is 0 Å². The third kappa shape index (κ3) is 3.94. The molecule has 1 aromatic heterocycles. The van der Waals surface area contributed by atoms with Gasteiger partial charge in [-0.25, -0.2) is 4.68 Å². The van der Waals surface area contributed by atoms with Crippen molar-refractivity contribution < 1.29 is 18.0 Å². The third-order valence-corrected chi connectivity index (χ3v) is 2.77. The first kappa shape index (κ1) is 15.7. The number of benzene rings is 1. The summed E-state index contributed by atoms with van der Waals surface area (Å²) < 4.78 is 38.7. The number of aromatic nitrogens is 2. The highest BCUT2D eigenvalue weighted by atomic mass is 19.4. The van der Waals surface area contributed by atoms with E-state index in [4.69, 9.17) is 0 Å². The summed E-state index contributed by atoms with van der Waals surface area (Å²) >= 11 is 0. The summed E-state index contributed by atoms with van der Waals surface area (Å²) in [6.45, 7) is 1.30. The van der Waals surface area contributed by atoms with Crippen LogP contribution in [0.25, 0.3) is 0 Å². The Kier molecular flexibility index (Phi) is 4.30. The average molecular weight is 311 g/mol. The first-order valence-electron chi connectivity index (χ1n) is 6.26. The van der Waals surface area contributed by atoms with Crippen molar-refractivity contribution in [2.75, 3.05) is 5.32 Å². The minimum Gasteiger partial charge on any atom is -0.324 e. The molecule has 1 aromatic carbocycles. The van der Waals surface area contributed by atoms with Crippen LogP contribution in [0.4, 0.5) is 18.9 Å². The molecule has 0 spiro atoms. The molecule has 0 bridgehead atoms. The van der Waals surface area contributed by atoms with Crippen LogP contribution < -0.4 is 10.9 Å². The second-order valence-electron chi connectivity index (χ2n) is 4.66. The minimum atomic E-state index is -4.49. The Labute approximate surface area is 123 Å². The van der Waals surface area contributed by atoms with Crippen molar-refractivity contribution >= 4 is 11.6 Å². The van der Waals surface area contributed by atoms with Crippen LogP contribution in [-0.4, -0.2) is 15.7 Å². The van der Waals surface area contributed by atoms with Crippen molar-refractivity contribution in [1.82, 2.24) is 9.78 Å². The second kappa shape index (κ2) is 6.00.